The fourth-order valence-corrected chi connectivity index (χ4v) is 4.82. The third-order valence-corrected chi connectivity index (χ3v) is 6.53. The van der Waals surface area contributed by atoms with Gasteiger partial charge in [-0.2, -0.15) is 0 Å². The van der Waals surface area contributed by atoms with E-state index in [1.165, 1.54) is 37.7 Å². The second-order valence-electron chi connectivity index (χ2n) is 6.76. The molecule has 2 heterocycles. The molecule has 0 unspecified atom stereocenters. The molecule has 5 heteroatoms. The lowest BCUT2D eigenvalue weighted by atomic mass is 9.88. The van der Waals surface area contributed by atoms with Crippen molar-refractivity contribution < 1.29 is 0 Å². The van der Waals surface area contributed by atoms with Crippen LogP contribution < -0.4 is 5.32 Å². The molecule has 0 bridgehead atoms. The summed E-state index contributed by atoms with van der Waals surface area (Å²) in [6, 6.07) is 10.4. The monoisotopic (exact) mass is 371 g/mol. The molecule has 1 saturated carbocycles. The first-order valence-electron chi connectivity index (χ1n) is 8.96. The Morgan fingerprint density at radius 3 is 2.64 bits per heavy atom. The summed E-state index contributed by atoms with van der Waals surface area (Å²) in [5, 5.41) is 5.26. The fraction of sp³-hybridized carbons (Fsp3) is 0.400. The maximum Gasteiger partial charge on any atom is 0.140 e. The van der Waals surface area contributed by atoms with Gasteiger partial charge < -0.3 is 5.32 Å². The van der Waals surface area contributed by atoms with Gasteiger partial charge in [-0.25, -0.2) is 9.97 Å². The van der Waals surface area contributed by atoms with Crippen LogP contribution in [0, 0.1) is 6.92 Å². The van der Waals surface area contributed by atoms with Crippen molar-refractivity contribution in [1.29, 1.82) is 0 Å². The number of hydrogen-bond acceptors (Lipinski definition) is 4. The first kappa shape index (κ1) is 16.8. The minimum atomic E-state index is 0.483. The minimum Gasteiger partial charge on any atom is -0.365 e. The van der Waals surface area contributed by atoms with E-state index in [0.717, 1.165) is 38.3 Å². The molecule has 0 spiro atoms. The Hall–Kier alpha value is -1.65. The number of aryl methyl sites for hydroxylation is 1. The zero-order valence-corrected chi connectivity index (χ0v) is 16.0. The Bertz CT molecular complexity index is 870. The Morgan fingerprint density at radius 2 is 1.88 bits per heavy atom. The van der Waals surface area contributed by atoms with Gasteiger partial charge in [0, 0.05) is 17.3 Å². The van der Waals surface area contributed by atoms with Crippen molar-refractivity contribution in [2.24, 2.45) is 0 Å². The van der Waals surface area contributed by atoms with Crippen molar-refractivity contribution >= 4 is 39.0 Å². The van der Waals surface area contributed by atoms with E-state index in [1.807, 2.05) is 6.07 Å². The molecule has 25 heavy (non-hydrogen) atoms. The standard InChI is InChI=1S/C20H22ClN3S/c1-13-17(21)16-19(22-12-14-8-4-2-5-9-14)23-18(24-20(16)25-13)15-10-6-3-7-11-15/h2,4-5,8-9,15H,3,6-7,10-12H2,1H3,(H,22,23,24). The van der Waals surface area contributed by atoms with Gasteiger partial charge in [-0.1, -0.05) is 61.2 Å². The van der Waals surface area contributed by atoms with E-state index in [2.05, 4.69) is 36.5 Å². The van der Waals surface area contributed by atoms with Gasteiger partial charge in [0.05, 0.1) is 10.4 Å². The third kappa shape index (κ3) is 3.51. The highest BCUT2D eigenvalue weighted by Crippen LogP contribution is 2.40. The van der Waals surface area contributed by atoms with Gasteiger partial charge in [0.1, 0.15) is 16.5 Å². The molecular formula is C20H22ClN3S. The smallest absolute Gasteiger partial charge is 0.140 e. The van der Waals surface area contributed by atoms with Crippen molar-refractivity contribution in [3.05, 3.63) is 51.6 Å². The van der Waals surface area contributed by atoms with Crippen molar-refractivity contribution in [1.82, 2.24) is 9.97 Å². The van der Waals surface area contributed by atoms with E-state index in [-0.39, 0.29) is 0 Å². The molecule has 3 aromatic rings. The zero-order chi connectivity index (χ0) is 17.2. The van der Waals surface area contributed by atoms with Gasteiger partial charge in [0.25, 0.3) is 0 Å². The summed E-state index contributed by atoms with van der Waals surface area (Å²) in [6.45, 7) is 2.79. The predicted octanol–water partition coefficient (Wildman–Crippen LogP) is 6.31. The van der Waals surface area contributed by atoms with Crippen molar-refractivity contribution in [3.63, 3.8) is 0 Å². The van der Waals surface area contributed by atoms with Gasteiger partial charge in [0.15, 0.2) is 0 Å². The summed E-state index contributed by atoms with van der Waals surface area (Å²) in [6.07, 6.45) is 6.29. The summed E-state index contributed by atoms with van der Waals surface area (Å²) in [4.78, 5) is 11.9. The van der Waals surface area contributed by atoms with Crippen LogP contribution in [0.2, 0.25) is 5.02 Å². The van der Waals surface area contributed by atoms with Crippen LogP contribution in [-0.2, 0) is 6.54 Å². The number of anilines is 1. The summed E-state index contributed by atoms with van der Waals surface area (Å²) in [5.41, 5.74) is 1.23. The highest BCUT2D eigenvalue weighted by Gasteiger charge is 2.22. The molecular weight excluding hydrogens is 350 g/mol. The van der Waals surface area contributed by atoms with Crippen LogP contribution in [0.25, 0.3) is 10.2 Å². The number of halogens is 1. The van der Waals surface area contributed by atoms with Gasteiger partial charge in [-0.3, -0.25) is 0 Å². The molecule has 3 nitrogen and oxygen atoms in total. The summed E-state index contributed by atoms with van der Waals surface area (Å²) < 4.78 is 0. The van der Waals surface area contributed by atoms with Crippen LogP contribution in [0.1, 0.15) is 54.3 Å². The quantitative estimate of drug-likeness (QED) is 0.583. The zero-order valence-electron chi connectivity index (χ0n) is 14.4. The molecule has 1 N–H and O–H groups in total. The van der Waals surface area contributed by atoms with Gasteiger partial charge >= 0.3 is 0 Å². The number of thiophene rings is 1. The number of rotatable bonds is 4. The maximum atomic E-state index is 6.56. The third-order valence-electron chi connectivity index (χ3n) is 4.94. The van der Waals surface area contributed by atoms with E-state index in [0.29, 0.717) is 5.92 Å². The molecule has 0 saturated heterocycles. The molecule has 1 aliphatic rings. The van der Waals surface area contributed by atoms with Crippen molar-refractivity contribution in [2.75, 3.05) is 5.32 Å². The highest BCUT2D eigenvalue weighted by atomic mass is 35.5. The first-order chi connectivity index (χ1) is 12.2. The van der Waals surface area contributed by atoms with Gasteiger partial charge in [-0.05, 0) is 25.3 Å². The Morgan fingerprint density at radius 1 is 1.12 bits per heavy atom. The lowest BCUT2D eigenvalue weighted by Gasteiger charge is -2.21. The lowest BCUT2D eigenvalue weighted by Crippen LogP contribution is -2.11. The Labute approximate surface area is 157 Å². The first-order valence-corrected chi connectivity index (χ1v) is 10.2. The number of fused-ring (bicyclic) bond motifs is 1. The number of benzene rings is 1. The maximum absolute atomic E-state index is 6.56. The van der Waals surface area contributed by atoms with E-state index in [1.54, 1.807) is 11.3 Å². The van der Waals surface area contributed by atoms with Crippen LogP contribution in [0.3, 0.4) is 0 Å². The van der Waals surface area contributed by atoms with E-state index in [4.69, 9.17) is 21.6 Å². The Balaban J connectivity index is 1.71. The highest BCUT2D eigenvalue weighted by molar-refractivity contribution is 7.19. The average Bonchev–Trinajstić information content (AvgIpc) is 2.95. The normalized spacial score (nSPS) is 15.6. The molecule has 0 amide bonds. The largest absolute Gasteiger partial charge is 0.365 e. The molecule has 1 aromatic carbocycles. The van der Waals surface area contributed by atoms with E-state index < -0.39 is 0 Å². The number of hydrogen-bond donors (Lipinski definition) is 1. The fourth-order valence-electron chi connectivity index (χ4n) is 3.55. The molecule has 2 aromatic heterocycles. The second kappa shape index (κ2) is 7.30. The van der Waals surface area contributed by atoms with Crippen LogP contribution in [0.5, 0.6) is 0 Å². The molecule has 130 valence electrons. The number of nitrogens with zero attached hydrogens (tertiary/aromatic N) is 2. The predicted molar refractivity (Wildman–Crippen MR) is 107 cm³/mol. The van der Waals surface area contributed by atoms with Crippen LogP contribution in [0.15, 0.2) is 30.3 Å². The van der Waals surface area contributed by atoms with E-state index in [9.17, 15) is 0 Å². The molecule has 1 fully saturated rings. The van der Waals surface area contributed by atoms with Gasteiger partial charge in [0.2, 0.25) is 0 Å². The average molecular weight is 372 g/mol. The number of aromatic nitrogens is 2. The number of nitrogens with one attached hydrogen (secondary N) is 1. The summed E-state index contributed by atoms with van der Waals surface area (Å²) in [7, 11) is 0. The lowest BCUT2D eigenvalue weighted by molar-refractivity contribution is 0.430. The molecule has 0 radical (unpaired) electrons. The summed E-state index contributed by atoms with van der Waals surface area (Å²) >= 11 is 8.23. The summed E-state index contributed by atoms with van der Waals surface area (Å²) in [5.74, 6) is 2.35. The van der Waals surface area contributed by atoms with Crippen LogP contribution >= 0.6 is 22.9 Å². The SMILES string of the molecule is Cc1sc2nc(C3CCCCC3)nc(NCc3ccccc3)c2c1Cl. The van der Waals surface area contributed by atoms with Gasteiger partial charge in [-0.15, -0.1) is 11.3 Å². The molecule has 0 atom stereocenters. The van der Waals surface area contributed by atoms with Crippen molar-refractivity contribution in [3.8, 4) is 0 Å². The topological polar surface area (TPSA) is 37.8 Å². The molecule has 4 rings (SSSR count). The van der Waals surface area contributed by atoms with Crippen LogP contribution in [-0.4, -0.2) is 9.97 Å². The molecule has 0 aliphatic heterocycles. The Kier molecular flexibility index (Phi) is 4.91. The second-order valence-corrected chi connectivity index (χ2v) is 8.34. The van der Waals surface area contributed by atoms with E-state index >= 15 is 0 Å². The minimum absolute atomic E-state index is 0.483. The van der Waals surface area contributed by atoms with Crippen LogP contribution in [0.4, 0.5) is 5.82 Å². The molecule has 1 aliphatic carbocycles. The van der Waals surface area contributed by atoms with Crippen molar-refractivity contribution in [2.45, 2.75) is 51.5 Å².